The van der Waals surface area contributed by atoms with Gasteiger partial charge in [-0.2, -0.15) is 6.20 Å². The molecule has 0 bridgehead atoms. The third-order valence-corrected chi connectivity index (χ3v) is 2.57. The van der Waals surface area contributed by atoms with Crippen molar-refractivity contribution in [2.24, 2.45) is 0 Å². The van der Waals surface area contributed by atoms with E-state index in [0.717, 1.165) is 5.69 Å². The van der Waals surface area contributed by atoms with Gasteiger partial charge in [-0.1, -0.05) is 18.2 Å². The van der Waals surface area contributed by atoms with E-state index in [9.17, 15) is 4.21 Å². The summed E-state index contributed by atoms with van der Waals surface area (Å²) in [5.41, 5.74) is 1.07. The van der Waals surface area contributed by atoms with Crippen LogP contribution in [0.1, 0.15) is 0 Å². The summed E-state index contributed by atoms with van der Waals surface area (Å²) in [4.78, 5) is 1.93. The van der Waals surface area contributed by atoms with Crippen LogP contribution in [0.3, 0.4) is 0 Å². The second-order valence-electron chi connectivity index (χ2n) is 2.53. The van der Waals surface area contributed by atoms with Crippen molar-refractivity contribution in [1.82, 2.24) is 0 Å². The molecule has 2 nitrogen and oxygen atoms in total. The number of hydrogen-bond acceptors (Lipinski definition) is 2. The van der Waals surface area contributed by atoms with Gasteiger partial charge < -0.3 is 10.3 Å². The molecule has 12 heavy (non-hydrogen) atoms. The third-order valence-electron chi connectivity index (χ3n) is 1.68. The topological polar surface area (TPSA) is 20.3 Å². The quantitative estimate of drug-likeness (QED) is 0.607. The first-order chi connectivity index (χ1) is 5.86. The summed E-state index contributed by atoms with van der Waals surface area (Å²) < 4.78 is 11.0. The molecule has 0 spiro atoms. The van der Waals surface area contributed by atoms with Crippen molar-refractivity contribution in [3.05, 3.63) is 41.9 Å². The van der Waals surface area contributed by atoms with E-state index in [1.54, 1.807) is 6.20 Å². The highest BCUT2D eigenvalue weighted by Gasteiger charge is 2.02. The van der Waals surface area contributed by atoms with Crippen molar-refractivity contribution >= 4 is 16.5 Å². The fourth-order valence-corrected chi connectivity index (χ4v) is 1.89. The molecule has 1 aromatic rings. The van der Waals surface area contributed by atoms with Crippen LogP contribution in [0, 0.1) is 5.41 Å². The molecule has 1 aliphatic rings. The summed E-state index contributed by atoms with van der Waals surface area (Å²) in [5.74, 6) is 0.532. The molecule has 0 radical (unpaired) electrons. The van der Waals surface area contributed by atoms with Crippen LogP contribution in [0.4, 0.5) is 5.69 Å². The molecular weight excluding hydrogens is 170 g/mol. The van der Waals surface area contributed by atoms with Gasteiger partial charge in [-0.25, -0.2) is 0 Å². The fraction of sp³-hybridized carbons (Fsp3) is 0.111. The molecule has 0 N–H and O–H groups in total. The second kappa shape index (κ2) is 3.11. The minimum Gasteiger partial charge on any atom is -0.378 e. The van der Waals surface area contributed by atoms with Crippen LogP contribution in [0.5, 0.6) is 0 Å². The molecule has 1 heterocycles. The van der Waals surface area contributed by atoms with Crippen LogP contribution in [-0.4, -0.2) is 10.1 Å². The highest BCUT2D eigenvalue weighted by molar-refractivity contribution is 7.87. The molecule has 2 rings (SSSR count). The number of para-hydroxylation sites is 1. The Labute approximate surface area is 74.0 Å². The van der Waals surface area contributed by atoms with Gasteiger partial charge in [0, 0.05) is 5.69 Å². The molecule has 0 fully saturated rings. The first-order valence-electron chi connectivity index (χ1n) is 3.66. The molecule has 1 aromatic carbocycles. The van der Waals surface area contributed by atoms with Gasteiger partial charge in [-0.3, -0.25) is 4.21 Å². The van der Waals surface area contributed by atoms with Crippen molar-refractivity contribution in [2.75, 3.05) is 10.8 Å². The number of nitrogens with zero attached hydrogens (tertiary/aromatic N) is 1. The maximum atomic E-state index is 11.0. The van der Waals surface area contributed by atoms with Crippen LogP contribution in [-0.2, 0) is 10.8 Å². The average molecular weight is 178 g/mol. The Hall–Kier alpha value is -1.09. The Balaban J connectivity index is 2.23. The number of hydrogen-bond donors (Lipinski definition) is 0. The van der Waals surface area contributed by atoms with Gasteiger partial charge in [0.2, 0.25) is 0 Å². The summed E-state index contributed by atoms with van der Waals surface area (Å²) in [7, 11) is -0.933. The highest BCUT2D eigenvalue weighted by Crippen LogP contribution is 2.17. The highest BCUT2D eigenvalue weighted by atomic mass is 32.2. The van der Waals surface area contributed by atoms with Gasteiger partial charge in [-0.05, 0) is 12.1 Å². The molecule has 0 saturated carbocycles. The van der Waals surface area contributed by atoms with Crippen LogP contribution in [0.25, 0.3) is 0 Å². The van der Waals surface area contributed by atoms with Crippen LogP contribution in [0.15, 0.2) is 36.5 Å². The van der Waals surface area contributed by atoms with E-state index >= 15 is 0 Å². The summed E-state index contributed by atoms with van der Waals surface area (Å²) >= 11 is 0. The molecule has 0 saturated heterocycles. The molecule has 0 aliphatic carbocycles. The predicted molar refractivity (Wildman–Crippen MR) is 49.7 cm³/mol. The monoisotopic (exact) mass is 178 g/mol. The minimum atomic E-state index is -0.933. The fourth-order valence-electron chi connectivity index (χ4n) is 1.09. The van der Waals surface area contributed by atoms with Gasteiger partial charge in [0.15, 0.2) is 0 Å². The zero-order valence-corrected chi connectivity index (χ0v) is 7.25. The Morgan fingerprint density at radius 1 is 1.33 bits per heavy atom. The number of rotatable bonds is 1. The van der Waals surface area contributed by atoms with E-state index in [-0.39, 0.29) is 0 Å². The lowest BCUT2D eigenvalue weighted by atomic mass is 10.3. The van der Waals surface area contributed by atoms with Gasteiger partial charge in [0.05, 0.1) is 5.88 Å². The maximum absolute atomic E-state index is 11.0. The second-order valence-corrected chi connectivity index (χ2v) is 3.71. The standard InChI is InChI=1S/C9H8NOS/c11-12-7-6-10(8-12)9-4-2-1-3-5-9/h1-6H,8H2/q-1. The summed E-state index contributed by atoms with van der Waals surface area (Å²) in [6.45, 7) is 0. The van der Waals surface area contributed by atoms with Gasteiger partial charge in [-0.15, -0.1) is 10.8 Å². The van der Waals surface area contributed by atoms with E-state index in [4.69, 9.17) is 0 Å². The number of benzene rings is 1. The van der Waals surface area contributed by atoms with Crippen molar-refractivity contribution in [2.45, 2.75) is 0 Å². The molecule has 1 aliphatic heterocycles. The van der Waals surface area contributed by atoms with Crippen molar-refractivity contribution in [3.63, 3.8) is 0 Å². The lowest BCUT2D eigenvalue weighted by molar-refractivity contribution is 0.689. The van der Waals surface area contributed by atoms with E-state index in [0.29, 0.717) is 5.88 Å². The first kappa shape index (κ1) is 7.55. The first-order valence-corrected chi connectivity index (χ1v) is 4.98. The molecule has 1 atom stereocenters. The Bertz CT molecular complexity index is 321. The smallest absolute Gasteiger partial charge is 0.0659 e. The maximum Gasteiger partial charge on any atom is 0.0659 e. The largest absolute Gasteiger partial charge is 0.378 e. The lowest BCUT2D eigenvalue weighted by Crippen LogP contribution is -2.13. The Kier molecular flexibility index (Phi) is 1.96. The molecule has 1 unspecified atom stereocenters. The van der Waals surface area contributed by atoms with Crippen molar-refractivity contribution < 1.29 is 4.21 Å². The molecule has 0 amide bonds. The van der Waals surface area contributed by atoms with Crippen LogP contribution < -0.4 is 4.90 Å². The minimum absolute atomic E-state index is 0.532. The van der Waals surface area contributed by atoms with E-state index in [1.807, 2.05) is 35.2 Å². The lowest BCUT2D eigenvalue weighted by Gasteiger charge is -2.17. The van der Waals surface area contributed by atoms with Crippen LogP contribution >= 0.6 is 0 Å². The normalized spacial score (nSPS) is 21.7. The SMILES string of the molecule is O=S1[C-]=CN(c2ccccc2)C1. The Morgan fingerprint density at radius 2 is 2.08 bits per heavy atom. The van der Waals surface area contributed by atoms with Crippen molar-refractivity contribution in [1.29, 1.82) is 0 Å². The Morgan fingerprint density at radius 3 is 2.67 bits per heavy atom. The predicted octanol–water partition coefficient (Wildman–Crippen LogP) is 1.49. The molecular formula is C9H8NOS-. The zero-order valence-electron chi connectivity index (χ0n) is 6.43. The van der Waals surface area contributed by atoms with E-state index < -0.39 is 10.8 Å². The van der Waals surface area contributed by atoms with Crippen molar-refractivity contribution in [3.8, 4) is 0 Å². The zero-order chi connectivity index (χ0) is 8.39. The van der Waals surface area contributed by atoms with Crippen LogP contribution in [0.2, 0.25) is 0 Å². The van der Waals surface area contributed by atoms with E-state index in [2.05, 4.69) is 5.41 Å². The van der Waals surface area contributed by atoms with Gasteiger partial charge >= 0.3 is 0 Å². The third kappa shape index (κ3) is 1.41. The summed E-state index contributed by atoms with van der Waals surface area (Å²) in [6.07, 6.45) is 1.74. The molecule has 62 valence electrons. The van der Waals surface area contributed by atoms with Gasteiger partial charge in [0.25, 0.3) is 0 Å². The summed E-state index contributed by atoms with van der Waals surface area (Å²) in [6, 6.07) is 9.86. The average Bonchev–Trinajstić information content (AvgIpc) is 2.54. The molecule has 0 aromatic heterocycles. The van der Waals surface area contributed by atoms with E-state index in [1.165, 1.54) is 0 Å². The number of anilines is 1. The molecule has 3 heteroatoms. The summed E-state index contributed by atoms with van der Waals surface area (Å²) in [5, 5.41) is 2.74. The van der Waals surface area contributed by atoms with Gasteiger partial charge in [0.1, 0.15) is 0 Å².